The molecule has 1 aromatic rings. The van der Waals surface area contributed by atoms with Crippen LogP contribution in [0.4, 0.5) is 0 Å². The first-order valence-corrected chi connectivity index (χ1v) is 10.0. The number of rotatable bonds is 7. The molecule has 1 rings (SSSR count). The van der Waals surface area contributed by atoms with Crippen molar-refractivity contribution in [3.05, 3.63) is 34.9 Å². The molecule has 0 aromatic heterocycles. The molecule has 0 saturated heterocycles. The maximum Gasteiger partial charge on any atom is 0.209 e. The van der Waals surface area contributed by atoms with Crippen molar-refractivity contribution >= 4 is 27.6 Å². The smallest absolute Gasteiger partial charge is 0.209 e. The summed E-state index contributed by atoms with van der Waals surface area (Å²) in [4.78, 5) is 6.54. The highest BCUT2D eigenvalue weighted by Crippen LogP contribution is 2.12. The van der Waals surface area contributed by atoms with Crippen LogP contribution < -0.4 is 10.0 Å². The van der Waals surface area contributed by atoms with Crippen LogP contribution in [0.1, 0.15) is 26.3 Å². The zero-order valence-corrected chi connectivity index (χ0v) is 16.5. The average Bonchev–Trinajstić information content (AvgIpc) is 2.40. The summed E-state index contributed by atoms with van der Waals surface area (Å²) in [5, 5.41) is 3.91. The summed E-state index contributed by atoms with van der Waals surface area (Å²) < 4.78 is 25.4. The van der Waals surface area contributed by atoms with Crippen molar-refractivity contribution in [2.45, 2.75) is 32.9 Å². The second-order valence-electron chi connectivity index (χ2n) is 6.41. The molecule has 0 spiro atoms. The van der Waals surface area contributed by atoms with Crippen molar-refractivity contribution < 1.29 is 8.42 Å². The van der Waals surface area contributed by atoms with Gasteiger partial charge in [0.05, 0.1) is 12.8 Å². The maximum atomic E-state index is 11.4. The highest BCUT2D eigenvalue weighted by molar-refractivity contribution is 7.88. The van der Waals surface area contributed by atoms with E-state index >= 15 is 0 Å². The van der Waals surface area contributed by atoms with Gasteiger partial charge in [-0.05, 0) is 38.5 Å². The van der Waals surface area contributed by atoms with Gasteiger partial charge >= 0.3 is 0 Å². The Balaban J connectivity index is 2.84. The molecule has 0 unspecified atom stereocenters. The van der Waals surface area contributed by atoms with Crippen molar-refractivity contribution in [1.82, 2.24) is 14.9 Å². The standard InChI is InChI=1S/C16H27ClN4O2S/c1-6-18-15(19-12-16(2,3)20-24(5,22)23)21(4)11-13-8-7-9-14(17)10-13/h7-10,20H,6,11-12H2,1-5H3,(H,18,19). The van der Waals surface area contributed by atoms with Crippen LogP contribution in [0.25, 0.3) is 0 Å². The third-order valence-corrected chi connectivity index (χ3v) is 4.25. The van der Waals surface area contributed by atoms with Crippen LogP contribution in [-0.2, 0) is 16.6 Å². The Morgan fingerprint density at radius 2 is 2.04 bits per heavy atom. The van der Waals surface area contributed by atoms with Gasteiger partial charge in [0.25, 0.3) is 0 Å². The van der Waals surface area contributed by atoms with Gasteiger partial charge in [0.1, 0.15) is 0 Å². The molecule has 0 bridgehead atoms. The minimum Gasteiger partial charge on any atom is -0.357 e. The molecule has 0 atom stereocenters. The van der Waals surface area contributed by atoms with Crippen LogP contribution in [0.2, 0.25) is 5.02 Å². The SMILES string of the molecule is CCNC(=NCC(C)(C)NS(C)(=O)=O)N(C)Cc1cccc(Cl)c1. The fourth-order valence-electron chi connectivity index (χ4n) is 2.26. The van der Waals surface area contributed by atoms with E-state index in [0.29, 0.717) is 24.1 Å². The van der Waals surface area contributed by atoms with E-state index in [4.69, 9.17) is 11.6 Å². The second kappa shape index (κ2) is 8.69. The molecule has 24 heavy (non-hydrogen) atoms. The number of halogens is 1. The Morgan fingerprint density at radius 1 is 1.38 bits per heavy atom. The van der Waals surface area contributed by atoms with E-state index in [9.17, 15) is 8.42 Å². The summed E-state index contributed by atoms with van der Waals surface area (Å²) in [6.45, 7) is 7.28. The zero-order chi connectivity index (χ0) is 18.4. The topological polar surface area (TPSA) is 73.8 Å². The van der Waals surface area contributed by atoms with Crippen LogP contribution >= 0.6 is 11.6 Å². The molecular formula is C16H27ClN4O2S. The summed E-state index contributed by atoms with van der Waals surface area (Å²) in [5.41, 5.74) is 0.412. The van der Waals surface area contributed by atoms with E-state index < -0.39 is 15.6 Å². The van der Waals surface area contributed by atoms with Crippen LogP contribution in [0.5, 0.6) is 0 Å². The van der Waals surface area contributed by atoms with Gasteiger partial charge in [-0.15, -0.1) is 0 Å². The van der Waals surface area contributed by atoms with Gasteiger partial charge in [-0.25, -0.2) is 13.1 Å². The van der Waals surface area contributed by atoms with Crippen molar-refractivity contribution in [2.75, 3.05) is 26.4 Å². The van der Waals surface area contributed by atoms with Gasteiger partial charge in [0.15, 0.2) is 5.96 Å². The molecule has 0 aliphatic heterocycles. The van der Waals surface area contributed by atoms with Crippen LogP contribution in [0.3, 0.4) is 0 Å². The molecule has 0 radical (unpaired) electrons. The molecule has 0 aliphatic carbocycles. The maximum absolute atomic E-state index is 11.4. The number of hydrogen-bond donors (Lipinski definition) is 2. The van der Waals surface area contributed by atoms with E-state index in [1.54, 1.807) is 13.8 Å². The van der Waals surface area contributed by atoms with E-state index in [0.717, 1.165) is 18.4 Å². The van der Waals surface area contributed by atoms with Crippen LogP contribution in [0.15, 0.2) is 29.3 Å². The van der Waals surface area contributed by atoms with Gasteiger partial charge in [-0.1, -0.05) is 23.7 Å². The molecule has 0 saturated carbocycles. The normalized spacial score (nSPS) is 13.0. The van der Waals surface area contributed by atoms with Gasteiger partial charge in [-0.3, -0.25) is 4.99 Å². The largest absolute Gasteiger partial charge is 0.357 e. The quantitative estimate of drug-likeness (QED) is 0.566. The third-order valence-electron chi connectivity index (χ3n) is 3.09. The summed E-state index contributed by atoms with van der Waals surface area (Å²) in [6, 6.07) is 7.66. The molecule has 1 aromatic carbocycles. The number of hydrogen-bond acceptors (Lipinski definition) is 3. The van der Waals surface area contributed by atoms with Crippen molar-refractivity contribution in [1.29, 1.82) is 0 Å². The summed E-state index contributed by atoms with van der Waals surface area (Å²) in [5.74, 6) is 0.709. The Hall–Kier alpha value is -1.31. The number of benzene rings is 1. The Morgan fingerprint density at radius 3 is 2.58 bits per heavy atom. The fourth-order valence-corrected chi connectivity index (χ4v) is 3.54. The van der Waals surface area contributed by atoms with E-state index in [1.807, 2.05) is 43.1 Å². The first kappa shape index (κ1) is 20.7. The second-order valence-corrected chi connectivity index (χ2v) is 8.60. The molecule has 2 N–H and O–H groups in total. The first-order chi connectivity index (χ1) is 11.0. The molecule has 6 nitrogen and oxygen atoms in total. The highest BCUT2D eigenvalue weighted by atomic mass is 35.5. The molecule has 0 fully saturated rings. The van der Waals surface area contributed by atoms with Gasteiger partial charge in [0, 0.05) is 30.7 Å². The zero-order valence-electron chi connectivity index (χ0n) is 14.9. The van der Waals surface area contributed by atoms with Gasteiger partial charge in [0.2, 0.25) is 10.0 Å². The highest BCUT2D eigenvalue weighted by Gasteiger charge is 2.22. The fraction of sp³-hybridized carbons (Fsp3) is 0.562. The Kier molecular flexibility index (Phi) is 7.51. The summed E-state index contributed by atoms with van der Waals surface area (Å²) in [7, 11) is -1.35. The van der Waals surface area contributed by atoms with Crippen molar-refractivity contribution in [2.24, 2.45) is 4.99 Å². The monoisotopic (exact) mass is 374 g/mol. The lowest BCUT2D eigenvalue weighted by atomic mass is 10.1. The lowest BCUT2D eigenvalue weighted by Crippen LogP contribution is -2.46. The molecule has 0 heterocycles. The van der Waals surface area contributed by atoms with Crippen LogP contribution in [-0.4, -0.2) is 51.2 Å². The average molecular weight is 375 g/mol. The lowest BCUT2D eigenvalue weighted by molar-refractivity contribution is 0.446. The van der Waals surface area contributed by atoms with Crippen molar-refractivity contribution in [3.8, 4) is 0 Å². The number of nitrogens with zero attached hydrogens (tertiary/aromatic N) is 2. The van der Waals surface area contributed by atoms with Gasteiger partial charge in [-0.2, -0.15) is 0 Å². The lowest BCUT2D eigenvalue weighted by Gasteiger charge is -2.26. The van der Waals surface area contributed by atoms with E-state index in [-0.39, 0.29) is 0 Å². The number of sulfonamides is 1. The van der Waals surface area contributed by atoms with Crippen molar-refractivity contribution in [3.63, 3.8) is 0 Å². The molecule has 8 heteroatoms. The van der Waals surface area contributed by atoms with E-state index in [2.05, 4.69) is 15.0 Å². The molecular weight excluding hydrogens is 348 g/mol. The number of guanidine groups is 1. The Bertz CT molecular complexity index is 674. The first-order valence-electron chi connectivity index (χ1n) is 7.75. The molecule has 0 amide bonds. The Labute approximate surface area is 150 Å². The molecule has 0 aliphatic rings. The van der Waals surface area contributed by atoms with E-state index in [1.165, 1.54) is 0 Å². The minimum absolute atomic E-state index is 0.322. The number of nitrogens with one attached hydrogen (secondary N) is 2. The summed E-state index contributed by atoms with van der Waals surface area (Å²) >= 11 is 6.02. The molecule has 136 valence electrons. The van der Waals surface area contributed by atoms with Gasteiger partial charge < -0.3 is 10.2 Å². The third kappa shape index (κ3) is 7.99. The predicted molar refractivity (Wildman–Crippen MR) is 101 cm³/mol. The summed E-state index contributed by atoms with van der Waals surface area (Å²) in [6.07, 6.45) is 1.15. The predicted octanol–water partition coefficient (Wildman–Crippen LogP) is 2.07. The number of aliphatic imine (C=N–C) groups is 1. The minimum atomic E-state index is -3.28. The van der Waals surface area contributed by atoms with Crippen LogP contribution in [0, 0.1) is 0 Å².